The molecule has 6 N–H and O–H groups in total. The molecule has 3 aromatic carbocycles. The van der Waals surface area contributed by atoms with Crippen LogP contribution in [0.1, 0.15) is 29.8 Å². The minimum absolute atomic E-state index is 0.133. The predicted molar refractivity (Wildman–Crippen MR) is 154 cm³/mol. The number of halogens is 2. The second-order valence-electron chi connectivity index (χ2n) is 9.37. The van der Waals surface area contributed by atoms with Crippen LogP contribution in [-0.4, -0.2) is 51.1 Å². The van der Waals surface area contributed by atoms with Gasteiger partial charge in [-0.25, -0.2) is 9.79 Å². The smallest absolute Gasteiger partial charge is 0.339 e. The molecule has 1 fully saturated rings. The number of carbonyl (C=O) groups is 1. The van der Waals surface area contributed by atoms with Crippen LogP contribution in [0, 0.1) is 0 Å². The largest absolute Gasteiger partial charge is 0.495 e. The van der Waals surface area contributed by atoms with Gasteiger partial charge in [0.25, 0.3) is 5.84 Å². The maximum atomic E-state index is 12.9. The molecule has 3 aromatic rings. The molecule has 0 spiro atoms. The van der Waals surface area contributed by atoms with Gasteiger partial charge < -0.3 is 25.4 Å². The van der Waals surface area contributed by atoms with Crippen molar-refractivity contribution >= 4 is 46.3 Å². The van der Waals surface area contributed by atoms with Gasteiger partial charge in [-0.15, -0.1) is 0 Å². The van der Waals surface area contributed by atoms with Crippen LogP contribution in [0.15, 0.2) is 48.5 Å². The van der Waals surface area contributed by atoms with E-state index in [1.807, 2.05) is 12.1 Å². The summed E-state index contributed by atoms with van der Waals surface area (Å²) in [5.41, 5.74) is 16.1. The van der Waals surface area contributed by atoms with E-state index >= 15 is 0 Å². The molecule has 0 radical (unpaired) electrons. The van der Waals surface area contributed by atoms with Gasteiger partial charge in [0, 0.05) is 48.2 Å². The molecule has 4 rings (SSSR count). The first kappa shape index (κ1) is 27.6. The van der Waals surface area contributed by atoms with Crippen molar-refractivity contribution in [1.29, 1.82) is 0 Å². The second kappa shape index (κ2) is 11.5. The Morgan fingerprint density at radius 3 is 2.08 bits per heavy atom. The van der Waals surface area contributed by atoms with Crippen molar-refractivity contribution in [2.24, 2.45) is 5.73 Å². The Bertz CT molecular complexity index is 1340. The molecule has 200 valence electrons. The van der Waals surface area contributed by atoms with E-state index in [9.17, 15) is 4.79 Å². The number of amidine groups is 1. The quantitative estimate of drug-likeness (QED) is 0.209. The van der Waals surface area contributed by atoms with E-state index in [1.54, 1.807) is 36.4 Å². The summed E-state index contributed by atoms with van der Waals surface area (Å²) in [5, 5.41) is 4.17. The number of piperazine rings is 1. The van der Waals surface area contributed by atoms with Gasteiger partial charge in [-0.05, 0) is 55.8 Å². The van der Waals surface area contributed by atoms with E-state index < -0.39 is 0 Å². The van der Waals surface area contributed by atoms with Gasteiger partial charge >= 0.3 is 5.91 Å². The lowest BCUT2D eigenvalue weighted by molar-refractivity contribution is -0.345. The van der Waals surface area contributed by atoms with Crippen LogP contribution in [0.3, 0.4) is 0 Å². The number of nitrogens with zero attached hydrogens (tertiary/aromatic N) is 1. The number of hydrogen-bond acceptors (Lipinski definition) is 6. The van der Waals surface area contributed by atoms with Crippen LogP contribution in [0.2, 0.25) is 10.0 Å². The van der Waals surface area contributed by atoms with E-state index in [4.69, 9.17) is 44.1 Å². The molecule has 0 bridgehead atoms. The number of rotatable bonds is 6. The van der Waals surface area contributed by atoms with E-state index in [0.717, 1.165) is 18.8 Å². The van der Waals surface area contributed by atoms with Gasteiger partial charge in [0.15, 0.2) is 0 Å². The van der Waals surface area contributed by atoms with Crippen LogP contribution in [0.4, 0.5) is 11.4 Å². The predicted octanol–water partition coefficient (Wildman–Crippen LogP) is 3.07. The Hall–Kier alpha value is -3.46. The minimum Gasteiger partial charge on any atom is -0.495 e. The summed E-state index contributed by atoms with van der Waals surface area (Å²) in [6.45, 7) is 6.14. The fourth-order valence-corrected chi connectivity index (χ4v) is 5.44. The molecular formula is C28H32Cl2N5O3+. The van der Waals surface area contributed by atoms with Crippen molar-refractivity contribution in [1.82, 2.24) is 5.32 Å². The number of methoxy groups -OCH3 is 2. The summed E-state index contributed by atoms with van der Waals surface area (Å²) < 4.78 is 10.7. The number of carbonyl (C=O) groups excluding carboxylic acids is 1. The first-order valence-electron chi connectivity index (χ1n) is 12.2. The van der Waals surface area contributed by atoms with E-state index in [-0.39, 0.29) is 11.7 Å². The van der Waals surface area contributed by atoms with E-state index in [1.165, 1.54) is 14.2 Å². The maximum absolute atomic E-state index is 12.9. The molecule has 10 heteroatoms. The van der Waals surface area contributed by atoms with Crippen LogP contribution >= 0.6 is 23.2 Å². The van der Waals surface area contributed by atoms with Crippen LogP contribution in [0.5, 0.6) is 11.5 Å². The molecule has 1 saturated heterocycles. The summed E-state index contributed by atoms with van der Waals surface area (Å²) in [7, 11) is 3.02. The Kier molecular flexibility index (Phi) is 8.35. The summed E-state index contributed by atoms with van der Waals surface area (Å²) in [6.07, 6.45) is 0. The molecule has 0 aromatic heterocycles. The highest BCUT2D eigenvalue weighted by Crippen LogP contribution is 2.46. The van der Waals surface area contributed by atoms with Gasteiger partial charge in [0.2, 0.25) is 0 Å². The Morgan fingerprint density at radius 1 is 0.974 bits per heavy atom. The summed E-state index contributed by atoms with van der Waals surface area (Å²) >= 11 is 13.1. The topological polar surface area (TPSA) is 117 Å². The zero-order valence-electron chi connectivity index (χ0n) is 21.8. The molecule has 8 nitrogen and oxygen atoms in total. The van der Waals surface area contributed by atoms with Gasteiger partial charge in [-0.3, -0.25) is 5.73 Å². The van der Waals surface area contributed by atoms with Gasteiger partial charge in [-0.1, -0.05) is 29.3 Å². The zero-order valence-corrected chi connectivity index (χ0v) is 23.3. The minimum atomic E-state index is -0.330. The number of nitrogens with two attached hydrogens (primary N) is 2. The van der Waals surface area contributed by atoms with Gasteiger partial charge in [0.05, 0.1) is 35.4 Å². The summed E-state index contributed by atoms with van der Waals surface area (Å²) in [4.78, 5) is 18.0. The summed E-state index contributed by atoms with van der Waals surface area (Å²) in [5.74, 6) is 0.628. The molecule has 1 aliphatic rings. The Morgan fingerprint density at radius 2 is 1.55 bits per heavy atom. The fraction of sp³-hybridized carbons (Fsp3) is 0.286. The molecule has 1 heterocycles. The van der Waals surface area contributed by atoms with Gasteiger partial charge in [0.1, 0.15) is 11.5 Å². The average Bonchev–Trinajstić information content (AvgIpc) is 2.88. The number of benzene rings is 3. The van der Waals surface area contributed by atoms with Crippen molar-refractivity contribution < 1.29 is 19.3 Å². The van der Waals surface area contributed by atoms with Crippen molar-refractivity contribution in [3.05, 3.63) is 69.7 Å². The number of anilines is 2. The number of hydrogen-bond donors (Lipinski definition) is 4. The third kappa shape index (κ3) is 5.67. The lowest BCUT2D eigenvalue weighted by Crippen LogP contribution is -2.79. The molecule has 1 aliphatic heterocycles. The highest BCUT2D eigenvalue weighted by molar-refractivity contribution is 6.41. The lowest BCUT2D eigenvalue weighted by Gasteiger charge is -2.37. The monoisotopic (exact) mass is 556 g/mol. The molecule has 38 heavy (non-hydrogen) atoms. The molecule has 2 atom stereocenters. The second-order valence-corrected chi connectivity index (χ2v) is 10.1. The zero-order chi connectivity index (χ0) is 27.6. The third-order valence-electron chi connectivity index (χ3n) is 6.50. The number of amides is 1. The highest BCUT2D eigenvalue weighted by Gasteiger charge is 2.23. The van der Waals surface area contributed by atoms with Crippen LogP contribution < -0.4 is 36.2 Å². The molecule has 0 saturated carbocycles. The number of nitrogens with one attached hydrogen (secondary N) is 2. The number of nitrogen functional groups attached to an aromatic ring is 2. The Balaban J connectivity index is 1.57. The maximum Gasteiger partial charge on any atom is 0.339 e. The number of ether oxygens (including phenoxy) is 2. The fourth-order valence-electron chi connectivity index (χ4n) is 4.73. The standard InChI is InChI=1S/C28H31Cl2N5O3/c1-15-13-35(14-16(2)33-15)19-8-5-17(6-9-19)28(36)34-27(32)20-10-7-18(11-21(20)31)24-25(29)22(37-3)12-23(38-4)26(24)30/h5-12,15-16,33H,13-14,31H2,1-4H3,(H2,32,34,36)/p+1/t15-,16+. The van der Waals surface area contributed by atoms with Crippen molar-refractivity contribution in [3.8, 4) is 22.6 Å². The molecule has 0 unspecified atom stereocenters. The molecular weight excluding hydrogens is 525 g/mol. The van der Waals surface area contributed by atoms with Crippen molar-refractivity contribution in [3.63, 3.8) is 0 Å². The average molecular weight is 558 g/mol. The first-order valence-corrected chi connectivity index (χ1v) is 12.9. The Labute approximate surface area is 232 Å². The summed E-state index contributed by atoms with van der Waals surface area (Å²) in [6, 6.07) is 15.1. The first-order chi connectivity index (χ1) is 18.1. The SMILES string of the molecule is COc1cc(OC)c(Cl)c(-c2ccc(C(N)=[NH+]C(=O)c3ccc(N4C[C@@H](C)N[C@@H](C)C4)cc3)c(N)c2)c1Cl. The van der Waals surface area contributed by atoms with Crippen LogP contribution in [-0.2, 0) is 0 Å². The van der Waals surface area contributed by atoms with E-state index in [0.29, 0.717) is 61.6 Å². The van der Waals surface area contributed by atoms with E-state index in [2.05, 4.69) is 29.1 Å². The third-order valence-corrected chi connectivity index (χ3v) is 7.25. The molecule has 1 amide bonds. The van der Waals surface area contributed by atoms with Crippen molar-refractivity contribution in [2.75, 3.05) is 37.9 Å². The van der Waals surface area contributed by atoms with Gasteiger partial charge in [-0.2, -0.15) is 0 Å². The lowest BCUT2D eigenvalue weighted by atomic mass is 10.0. The molecule has 0 aliphatic carbocycles. The van der Waals surface area contributed by atoms with Crippen molar-refractivity contribution in [2.45, 2.75) is 25.9 Å². The van der Waals surface area contributed by atoms with Crippen LogP contribution in [0.25, 0.3) is 11.1 Å². The highest BCUT2D eigenvalue weighted by atomic mass is 35.5. The normalized spacial score (nSPS) is 17.8.